The molecule has 4 rings (SSSR count). The van der Waals surface area contributed by atoms with Gasteiger partial charge in [0.1, 0.15) is 36.6 Å². The van der Waals surface area contributed by atoms with Crippen LogP contribution in [0.1, 0.15) is 12.5 Å². The Hall–Kier alpha value is -2.77. The summed E-state index contributed by atoms with van der Waals surface area (Å²) in [7, 11) is -3.80. The maximum atomic E-state index is 12.7. The van der Waals surface area contributed by atoms with Gasteiger partial charge in [0.15, 0.2) is 12.5 Å². The van der Waals surface area contributed by atoms with E-state index in [9.17, 15) is 44.0 Å². The molecule has 2 aliphatic heterocycles. The Morgan fingerprint density at radius 2 is 1.47 bits per heavy atom. The maximum absolute atomic E-state index is 12.7. The van der Waals surface area contributed by atoms with Crippen LogP contribution in [-0.2, 0) is 27.8 Å². The molecule has 0 radical (unpaired) electrons. The molecule has 6 N–H and O–H groups in total. The number of hydrogen-bond donors (Lipinski definition) is 6. The molecule has 2 saturated heterocycles. The van der Waals surface area contributed by atoms with E-state index in [4.69, 9.17) is 23.3 Å². The van der Waals surface area contributed by atoms with Gasteiger partial charge < -0.3 is 34.4 Å². The minimum absolute atomic E-state index is 0.674. The van der Waals surface area contributed by atoms with Gasteiger partial charge in [0, 0.05) is 31.6 Å². The molecule has 1 unspecified atom stereocenters. The Morgan fingerprint density at radius 3 is 2.00 bits per heavy atom. The first-order valence-electron chi connectivity index (χ1n) is 11.0. The zero-order chi connectivity index (χ0) is 27.8. The van der Waals surface area contributed by atoms with Gasteiger partial charge >= 0.3 is 19.2 Å². The van der Waals surface area contributed by atoms with Crippen LogP contribution >= 0.6 is 7.82 Å². The number of ether oxygens (including phenoxy) is 3. The first kappa shape index (κ1) is 28.2. The van der Waals surface area contributed by atoms with Crippen LogP contribution in [0, 0.1) is 0 Å². The van der Waals surface area contributed by atoms with Crippen molar-refractivity contribution in [3.8, 4) is 0 Å². The third-order valence-corrected chi connectivity index (χ3v) is 6.97. The highest BCUT2D eigenvalue weighted by Gasteiger charge is 2.51. The van der Waals surface area contributed by atoms with E-state index in [-0.39, 0.29) is 0 Å². The third kappa shape index (κ3) is 5.64. The van der Waals surface area contributed by atoms with Gasteiger partial charge in [-0.05, 0) is 0 Å². The Kier molecular flexibility index (Phi) is 8.29. The molecular weight excluding hydrogens is 539 g/mol. The molecule has 4 heterocycles. The van der Waals surface area contributed by atoms with Gasteiger partial charge in [0.25, 0.3) is 11.1 Å². The monoisotopic (exact) mass is 564 g/mol. The standard InChI is InChI=1S/C19H25N4O14P/c1-33-15-14(8(6-24)35-17(15)23-5-3-11(26)21-19(23)30)37-38(31,32)34-7-9-12(27)13(28)16(36-9)22-4-2-10(25)20-18(22)29/h2-5,8-9,12-17,24,27-28H,6-7H2,1H3,(H,31,32)(H,20,25,29)(H,21,26,30)/t8-,9-,12-,13-,14-,15-,16-,17-/m1/s1. The second-order valence-electron chi connectivity index (χ2n) is 8.36. The number of phosphoric acid groups is 1. The topological polar surface area (TPSA) is 254 Å². The molecule has 0 saturated carbocycles. The van der Waals surface area contributed by atoms with Gasteiger partial charge in [-0.1, -0.05) is 0 Å². The molecule has 2 aromatic heterocycles. The molecule has 0 aromatic carbocycles. The highest BCUT2D eigenvalue weighted by atomic mass is 31.2. The molecule has 19 heteroatoms. The van der Waals surface area contributed by atoms with E-state index in [1.807, 2.05) is 9.97 Å². The van der Waals surface area contributed by atoms with E-state index in [2.05, 4.69) is 0 Å². The fourth-order valence-corrected chi connectivity index (χ4v) is 5.12. The molecule has 2 aromatic rings. The Labute approximate surface area is 211 Å². The summed E-state index contributed by atoms with van der Waals surface area (Å²) in [6, 6.07) is 2.03. The fourth-order valence-electron chi connectivity index (χ4n) is 4.16. The predicted molar refractivity (Wildman–Crippen MR) is 121 cm³/mol. The lowest BCUT2D eigenvalue weighted by Crippen LogP contribution is -2.40. The molecule has 0 aliphatic carbocycles. The zero-order valence-electron chi connectivity index (χ0n) is 19.6. The van der Waals surface area contributed by atoms with E-state index in [1.165, 1.54) is 7.11 Å². The normalized spacial score (nSPS) is 32.9. The molecule has 9 atom stereocenters. The number of aromatic amines is 2. The van der Waals surface area contributed by atoms with Crippen molar-refractivity contribution in [1.29, 1.82) is 0 Å². The number of nitrogens with zero attached hydrogens (tertiary/aromatic N) is 2. The van der Waals surface area contributed by atoms with Crippen LogP contribution in [0.3, 0.4) is 0 Å². The summed E-state index contributed by atoms with van der Waals surface area (Å²) in [4.78, 5) is 61.1. The van der Waals surface area contributed by atoms with Crippen LogP contribution in [0.25, 0.3) is 0 Å². The smallest absolute Gasteiger partial charge is 0.394 e. The van der Waals surface area contributed by atoms with Crippen LogP contribution in [0.2, 0.25) is 0 Å². The van der Waals surface area contributed by atoms with Gasteiger partial charge in [-0.2, -0.15) is 0 Å². The van der Waals surface area contributed by atoms with Crippen LogP contribution in [0.4, 0.5) is 0 Å². The Morgan fingerprint density at radius 1 is 0.921 bits per heavy atom. The zero-order valence-corrected chi connectivity index (χ0v) is 20.4. The van der Waals surface area contributed by atoms with Crippen molar-refractivity contribution >= 4 is 7.82 Å². The second kappa shape index (κ2) is 11.1. The van der Waals surface area contributed by atoms with Crippen molar-refractivity contribution in [3.05, 3.63) is 66.2 Å². The fraction of sp³-hybridized carbons (Fsp3) is 0.579. The van der Waals surface area contributed by atoms with Gasteiger partial charge in [0.2, 0.25) is 0 Å². The number of methoxy groups -OCH3 is 1. The van der Waals surface area contributed by atoms with Gasteiger partial charge in [0.05, 0.1) is 13.2 Å². The molecular formula is C19H25N4O14P. The van der Waals surface area contributed by atoms with Gasteiger partial charge in [-0.15, -0.1) is 0 Å². The van der Waals surface area contributed by atoms with E-state index in [0.717, 1.165) is 33.7 Å². The summed E-state index contributed by atoms with van der Waals surface area (Å²) in [6.07, 6.45) is -9.24. The van der Waals surface area contributed by atoms with Crippen molar-refractivity contribution in [2.75, 3.05) is 20.3 Å². The second-order valence-corrected chi connectivity index (χ2v) is 9.77. The summed E-state index contributed by atoms with van der Waals surface area (Å²) in [5.74, 6) is 0. The lowest BCUT2D eigenvalue weighted by Gasteiger charge is -2.25. The summed E-state index contributed by atoms with van der Waals surface area (Å²) in [6.45, 7) is -1.51. The number of hydrogen-bond acceptors (Lipinski definition) is 13. The minimum atomic E-state index is -4.99. The van der Waals surface area contributed by atoms with Crippen molar-refractivity contribution in [2.24, 2.45) is 0 Å². The van der Waals surface area contributed by atoms with Crippen LogP contribution in [-0.4, -0.2) is 96.3 Å². The average Bonchev–Trinajstić information content (AvgIpc) is 3.34. The largest absolute Gasteiger partial charge is 0.472 e. The number of aliphatic hydroxyl groups excluding tert-OH is 3. The maximum Gasteiger partial charge on any atom is 0.472 e. The lowest BCUT2D eigenvalue weighted by molar-refractivity contribution is -0.0625. The Balaban J connectivity index is 1.46. The number of rotatable bonds is 9. The van der Waals surface area contributed by atoms with Crippen LogP contribution in [0.5, 0.6) is 0 Å². The summed E-state index contributed by atoms with van der Waals surface area (Å²) in [5.41, 5.74) is -3.17. The number of aliphatic hydroxyl groups is 3. The Bertz CT molecular complexity index is 1420. The summed E-state index contributed by atoms with van der Waals surface area (Å²) < 4.78 is 40.9. The molecule has 0 bridgehead atoms. The first-order valence-corrected chi connectivity index (χ1v) is 12.5. The number of phosphoric ester groups is 1. The third-order valence-electron chi connectivity index (χ3n) is 5.98. The highest BCUT2D eigenvalue weighted by molar-refractivity contribution is 7.47. The van der Waals surface area contributed by atoms with E-state index >= 15 is 0 Å². The van der Waals surface area contributed by atoms with E-state index in [1.54, 1.807) is 0 Å². The lowest BCUT2D eigenvalue weighted by atomic mass is 10.1. The van der Waals surface area contributed by atoms with Crippen molar-refractivity contribution in [1.82, 2.24) is 19.1 Å². The van der Waals surface area contributed by atoms with E-state index in [0.29, 0.717) is 0 Å². The molecule has 0 spiro atoms. The molecule has 210 valence electrons. The molecule has 18 nitrogen and oxygen atoms in total. The molecule has 2 aliphatic rings. The quantitative estimate of drug-likeness (QED) is 0.159. The molecule has 38 heavy (non-hydrogen) atoms. The van der Waals surface area contributed by atoms with Crippen molar-refractivity contribution in [2.45, 2.75) is 49.1 Å². The minimum Gasteiger partial charge on any atom is -0.394 e. The van der Waals surface area contributed by atoms with Crippen LogP contribution in [0.15, 0.2) is 43.7 Å². The van der Waals surface area contributed by atoms with Gasteiger partial charge in [-0.25, -0.2) is 14.2 Å². The van der Waals surface area contributed by atoms with Crippen LogP contribution < -0.4 is 22.5 Å². The summed E-state index contributed by atoms with van der Waals surface area (Å²) >= 11 is 0. The number of nitrogens with one attached hydrogen (secondary N) is 2. The number of H-pyrrole nitrogens is 2. The first-order chi connectivity index (χ1) is 18.0. The van der Waals surface area contributed by atoms with Crippen molar-refractivity contribution < 1.29 is 48.0 Å². The van der Waals surface area contributed by atoms with Crippen molar-refractivity contribution in [3.63, 3.8) is 0 Å². The SMILES string of the molecule is CO[C@@H]1[C@H](OP(=O)(O)OC[C@H]2O[C@@H](n3ccc(=O)[nH]c3=O)[C@H](O)[C@@H]2O)[C@@H](CO)O[C@H]1n1ccc(=O)[nH]c1=O. The molecule has 0 amide bonds. The van der Waals surface area contributed by atoms with Gasteiger partial charge in [-0.3, -0.25) is 37.7 Å². The van der Waals surface area contributed by atoms with E-state index < -0.39 is 92.6 Å². The average molecular weight is 564 g/mol. The molecule has 2 fully saturated rings. The highest BCUT2D eigenvalue weighted by Crippen LogP contribution is 2.49. The summed E-state index contributed by atoms with van der Waals surface area (Å²) in [5, 5.41) is 30.3. The predicted octanol–water partition coefficient (Wildman–Crippen LogP) is -3.89. The number of aromatic nitrogens is 4.